The van der Waals surface area contributed by atoms with Gasteiger partial charge in [0.05, 0.1) is 5.69 Å². The maximum absolute atomic E-state index is 11.8. The van der Waals surface area contributed by atoms with Crippen molar-refractivity contribution < 1.29 is 0 Å². The van der Waals surface area contributed by atoms with Gasteiger partial charge in [0.1, 0.15) is 0 Å². The molecule has 2 rings (SSSR count). The molecule has 0 saturated heterocycles. The van der Waals surface area contributed by atoms with Crippen molar-refractivity contribution in [1.29, 1.82) is 0 Å². The lowest BCUT2D eigenvalue weighted by Gasteiger charge is -2.09. The Balaban J connectivity index is 2.68. The summed E-state index contributed by atoms with van der Waals surface area (Å²) in [5.41, 5.74) is 0.745. The average Bonchev–Trinajstić information content (AvgIpc) is 2.28. The number of hydrogen-bond donors (Lipinski definition) is 0. The van der Waals surface area contributed by atoms with E-state index in [1.807, 2.05) is 30.5 Å². The lowest BCUT2D eigenvalue weighted by molar-refractivity contribution is 0.797. The molecule has 0 spiro atoms. The first kappa shape index (κ1) is 11.4. The molecule has 0 aliphatic heterocycles. The molecule has 0 amide bonds. The molecule has 0 atom stereocenters. The van der Waals surface area contributed by atoms with Crippen LogP contribution in [0, 0.1) is 0 Å². The average molecular weight is 297 g/mol. The molecule has 0 aliphatic carbocycles. The number of hydrogen-bond acceptors (Lipinski definition) is 3. The molecule has 1 heterocycles. The highest BCUT2D eigenvalue weighted by Crippen LogP contribution is 2.18. The third-order valence-electron chi connectivity index (χ3n) is 2.06. The summed E-state index contributed by atoms with van der Waals surface area (Å²) in [6.45, 7) is 0. The molecule has 0 N–H and O–H groups in total. The number of nitrogens with zero attached hydrogens (tertiary/aromatic N) is 2. The van der Waals surface area contributed by atoms with Crippen LogP contribution in [0.5, 0.6) is 0 Å². The molecule has 0 unspecified atom stereocenters. The summed E-state index contributed by atoms with van der Waals surface area (Å²) in [6, 6.07) is 9.05. The van der Waals surface area contributed by atoms with E-state index in [0.29, 0.717) is 5.16 Å². The summed E-state index contributed by atoms with van der Waals surface area (Å²) < 4.78 is 2.53. The summed E-state index contributed by atoms with van der Waals surface area (Å²) in [4.78, 5) is 16.0. The van der Waals surface area contributed by atoms with Gasteiger partial charge in [0.15, 0.2) is 5.16 Å². The Kier molecular flexibility index (Phi) is 3.46. The molecular formula is C11H9BrN2OS. The van der Waals surface area contributed by atoms with Crippen LogP contribution in [0.1, 0.15) is 0 Å². The molecule has 2 aromatic rings. The van der Waals surface area contributed by atoms with Gasteiger partial charge in [-0.15, -0.1) is 0 Å². The summed E-state index contributed by atoms with van der Waals surface area (Å²) in [5, 5.41) is 0.686. The van der Waals surface area contributed by atoms with E-state index >= 15 is 0 Å². The second-order valence-electron chi connectivity index (χ2n) is 3.09. The lowest BCUT2D eigenvalue weighted by Crippen LogP contribution is -2.19. The first-order chi connectivity index (χ1) is 7.72. The number of rotatable bonds is 2. The van der Waals surface area contributed by atoms with Crippen LogP contribution in [0.4, 0.5) is 0 Å². The van der Waals surface area contributed by atoms with Crippen molar-refractivity contribution in [2.75, 3.05) is 6.26 Å². The zero-order chi connectivity index (χ0) is 11.5. The van der Waals surface area contributed by atoms with Crippen molar-refractivity contribution in [3.8, 4) is 5.69 Å². The highest BCUT2D eigenvalue weighted by Gasteiger charge is 2.06. The Morgan fingerprint density at radius 3 is 2.88 bits per heavy atom. The van der Waals surface area contributed by atoms with Gasteiger partial charge >= 0.3 is 0 Å². The molecule has 1 aromatic heterocycles. The zero-order valence-electron chi connectivity index (χ0n) is 8.55. The topological polar surface area (TPSA) is 34.9 Å². The summed E-state index contributed by atoms with van der Waals surface area (Å²) in [5.74, 6) is 0. The Hall–Kier alpha value is -1.07. The monoisotopic (exact) mass is 296 g/mol. The van der Waals surface area contributed by atoms with Crippen LogP contribution >= 0.6 is 27.7 Å². The van der Waals surface area contributed by atoms with Gasteiger partial charge in [0.25, 0.3) is 5.56 Å². The van der Waals surface area contributed by atoms with Gasteiger partial charge in [0, 0.05) is 16.7 Å². The van der Waals surface area contributed by atoms with Crippen LogP contribution in [0.25, 0.3) is 5.69 Å². The van der Waals surface area contributed by atoms with Crippen LogP contribution < -0.4 is 5.56 Å². The second kappa shape index (κ2) is 4.84. The Bertz CT molecular complexity index is 568. The van der Waals surface area contributed by atoms with Gasteiger partial charge in [-0.1, -0.05) is 33.8 Å². The highest BCUT2D eigenvalue weighted by atomic mass is 79.9. The van der Waals surface area contributed by atoms with E-state index in [2.05, 4.69) is 20.9 Å². The van der Waals surface area contributed by atoms with Crippen LogP contribution in [-0.2, 0) is 0 Å². The molecule has 16 heavy (non-hydrogen) atoms. The fourth-order valence-corrected chi connectivity index (χ4v) is 2.32. The Labute approximate surface area is 106 Å². The van der Waals surface area contributed by atoms with Crippen molar-refractivity contribution in [3.63, 3.8) is 0 Å². The van der Waals surface area contributed by atoms with Crippen molar-refractivity contribution in [3.05, 3.63) is 51.4 Å². The smallest absolute Gasteiger partial charge is 0.258 e. The maximum atomic E-state index is 11.8. The highest BCUT2D eigenvalue weighted by molar-refractivity contribution is 9.10. The summed E-state index contributed by atoms with van der Waals surface area (Å²) in [7, 11) is 0. The first-order valence-electron chi connectivity index (χ1n) is 4.60. The van der Waals surface area contributed by atoms with Gasteiger partial charge in [0.2, 0.25) is 0 Å². The number of aromatic nitrogens is 2. The number of thioether (sulfide) groups is 1. The van der Waals surface area contributed by atoms with Crippen LogP contribution in [0.2, 0.25) is 0 Å². The Morgan fingerprint density at radius 1 is 1.38 bits per heavy atom. The van der Waals surface area contributed by atoms with E-state index in [9.17, 15) is 4.79 Å². The maximum Gasteiger partial charge on any atom is 0.258 e. The third kappa shape index (κ3) is 2.20. The van der Waals surface area contributed by atoms with Crippen molar-refractivity contribution in [1.82, 2.24) is 9.55 Å². The van der Waals surface area contributed by atoms with Crippen LogP contribution in [0.3, 0.4) is 0 Å². The van der Waals surface area contributed by atoms with E-state index in [0.717, 1.165) is 10.2 Å². The van der Waals surface area contributed by atoms with Crippen molar-refractivity contribution >= 4 is 27.7 Å². The fraction of sp³-hybridized carbons (Fsp3) is 0.0909. The molecule has 3 nitrogen and oxygen atoms in total. The largest absolute Gasteiger partial charge is 0.269 e. The van der Waals surface area contributed by atoms with Crippen LogP contribution in [-0.4, -0.2) is 15.8 Å². The third-order valence-corrected chi connectivity index (χ3v) is 3.21. The van der Waals surface area contributed by atoms with Gasteiger partial charge < -0.3 is 0 Å². The predicted octanol–water partition coefficient (Wildman–Crippen LogP) is 2.72. The first-order valence-corrected chi connectivity index (χ1v) is 6.62. The zero-order valence-corrected chi connectivity index (χ0v) is 11.0. The quantitative estimate of drug-likeness (QED) is 0.631. The number of halogens is 1. The van der Waals surface area contributed by atoms with Crippen LogP contribution in [0.15, 0.2) is 51.0 Å². The van der Waals surface area contributed by atoms with E-state index < -0.39 is 0 Å². The van der Waals surface area contributed by atoms with Crippen molar-refractivity contribution in [2.24, 2.45) is 0 Å². The number of benzene rings is 1. The predicted molar refractivity (Wildman–Crippen MR) is 69.3 cm³/mol. The van der Waals surface area contributed by atoms with Gasteiger partial charge in [-0.3, -0.25) is 9.36 Å². The van der Waals surface area contributed by atoms with E-state index in [-0.39, 0.29) is 5.56 Å². The minimum atomic E-state index is -0.0718. The normalized spacial score (nSPS) is 10.4. The molecule has 0 fully saturated rings. The van der Waals surface area contributed by atoms with Gasteiger partial charge in [-0.2, -0.15) is 0 Å². The minimum absolute atomic E-state index is 0.0718. The molecule has 0 aliphatic rings. The SMILES string of the molecule is CSc1nccc(=O)n1-c1cccc(Br)c1. The molecule has 82 valence electrons. The molecule has 0 saturated carbocycles. The standard InChI is InChI=1S/C11H9BrN2OS/c1-16-11-13-6-5-10(15)14(11)9-4-2-3-8(12)7-9/h2-7H,1H3. The molecular weight excluding hydrogens is 288 g/mol. The fourth-order valence-electron chi connectivity index (χ4n) is 1.39. The molecule has 0 bridgehead atoms. The van der Waals surface area contributed by atoms with E-state index in [1.165, 1.54) is 24.0 Å². The minimum Gasteiger partial charge on any atom is -0.269 e. The lowest BCUT2D eigenvalue weighted by atomic mass is 10.3. The summed E-state index contributed by atoms with van der Waals surface area (Å²) >= 11 is 4.83. The van der Waals surface area contributed by atoms with Gasteiger partial charge in [-0.25, -0.2) is 4.98 Å². The molecule has 5 heteroatoms. The van der Waals surface area contributed by atoms with Crippen molar-refractivity contribution in [2.45, 2.75) is 5.16 Å². The molecule has 1 aromatic carbocycles. The van der Waals surface area contributed by atoms with Gasteiger partial charge in [-0.05, 0) is 24.5 Å². The molecule has 0 radical (unpaired) electrons. The van der Waals surface area contributed by atoms with E-state index in [4.69, 9.17) is 0 Å². The second-order valence-corrected chi connectivity index (χ2v) is 4.77. The summed E-state index contributed by atoms with van der Waals surface area (Å²) in [6.07, 6.45) is 3.43. The van der Waals surface area contributed by atoms with E-state index in [1.54, 1.807) is 4.57 Å². The Morgan fingerprint density at radius 2 is 2.19 bits per heavy atom.